The van der Waals surface area contributed by atoms with Crippen LogP contribution in [0.5, 0.6) is 0 Å². The van der Waals surface area contributed by atoms with Crippen LogP contribution in [0.1, 0.15) is 32.6 Å². The van der Waals surface area contributed by atoms with Crippen molar-refractivity contribution >= 4 is 5.91 Å². The molecule has 0 aromatic rings. The zero-order valence-electron chi connectivity index (χ0n) is 9.33. The summed E-state index contributed by atoms with van der Waals surface area (Å²) in [6.45, 7) is 4.06. The van der Waals surface area contributed by atoms with Gasteiger partial charge in [-0.1, -0.05) is 13.3 Å². The van der Waals surface area contributed by atoms with Gasteiger partial charge < -0.3 is 15.3 Å². The molecule has 0 aromatic carbocycles. The van der Waals surface area contributed by atoms with Crippen LogP contribution in [0.25, 0.3) is 0 Å². The predicted octanol–water partition coefficient (Wildman–Crippen LogP) is 0.112. The fourth-order valence-corrected chi connectivity index (χ4v) is 2.56. The summed E-state index contributed by atoms with van der Waals surface area (Å²) in [4.78, 5) is 13.6. The van der Waals surface area contributed by atoms with E-state index in [0.29, 0.717) is 13.1 Å². The van der Waals surface area contributed by atoms with E-state index in [1.807, 2.05) is 0 Å². The molecule has 0 unspecified atom stereocenters. The van der Waals surface area contributed by atoms with Crippen molar-refractivity contribution in [1.82, 2.24) is 10.2 Å². The molecule has 86 valence electrons. The lowest BCUT2D eigenvalue weighted by Crippen LogP contribution is -2.65. The van der Waals surface area contributed by atoms with E-state index in [1.165, 1.54) is 0 Å². The number of amides is 1. The standard InChI is InChI=1S/C11H20N2O2/c1-2-5-11(15)7-13(8-11)10(14)9-4-3-6-12-9/h9,12,15H,2-8H2,1H3/t9-/m1/s1. The van der Waals surface area contributed by atoms with Gasteiger partial charge in [-0.3, -0.25) is 4.79 Å². The summed E-state index contributed by atoms with van der Waals surface area (Å²) >= 11 is 0. The van der Waals surface area contributed by atoms with Crippen molar-refractivity contribution in [2.45, 2.75) is 44.2 Å². The minimum absolute atomic E-state index is 0.0103. The third-order valence-corrected chi connectivity index (χ3v) is 3.36. The van der Waals surface area contributed by atoms with Crippen LogP contribution in [-0.4, -0.2) is 47.2 Å². The molecule has 1 atom stereocenters. The molecule has 4 nitrogen and oxygen atoms in total. The minimum Gasteiger partial charge on any atom is -0.386 e. The van der Waals surface area contributed by atoms with Crippen LogP contribution < -0.4 is 5.32 Å². The number of β-amino-alcohol motifs (C(OH)–C–C–N with tert-alkyl or cyclic N) is 1. The predicted molar refractivity (Wildman–Crippen MR) is 57.5 cm³/mol. The summed E-state index contributed by atoms with van der Waals surface area (Å²) in [6, 6.07) is 0.0103. The Morgan fingerprint density at radius 3 is 2.87 bits per heavy atom. The fourth-order valence-electron chi connectivity index (χ4n) is 2.56. The van der Waals surface area contributed by atoms with E-state index in [9.17, 15) is 9.90 Å². The maximum absolute atomic E-state index is 11.9. The molecule has 2 aliphatic heterocycles. The molecule has 2 heterocycles. The van der Waals surface area contributed by atoms with E-state index >= 15 is 0 Å². The molecule has 0 bridgehead atoms. The summed E-state index contributed by atoms with van der Waals surface area (Å²) in [7, 11) is 0. The summed E-state index contributed by atoms with van der Waals surface area (Å²) in [6.07, 6.45) is 3.81. The topological polar surface area (TPSA) is 52.6 Å². The van der Waals surface area contributed by atoms with E-state index < -0.39 is 5.60 Å². The van der Waals surface area contributed by atoms with Gasteiger partial charge in [-0.25, -0.2) is 0 Å². The van der Waals surface area contributed by atoms with Gasteiger partial charge in [-0.05, 0) is 25.8 Å². The molecule has 2 N–H and O–H groups in total. The van der Waals surface area contributed by atoms with Gasteiger partial charge in [0.2, 0.25) is 5.91 Å². The molecule has 1 amide bonds. The van der Waals surface area contributed by atoms with Gasteiger partial charge in [0.05, 0.1) is 24.7 Å². The maximum Gasteiger partial charge on any atom is 0.239 e. The van der Waals surface area contributed by atoms with Crippen LogP contribution in [0.3, 0.4) is 0 Å². The number of nitrogens with one attached hydrogen (secondary N) is 1. The first-order valence-corrected chi connectivity index (χ1v) is 5.89. The highest BCUT2D eigenvalue weighted by molar-refractivity contribution is 5.83. The van der Waals surface area contributed by atoms with Crippen LogP contribution in [0, 0.1) is 0 Å². The van der Waals surface area contributed by atoms with Gasteiger partial charge in [0.15, 0.2) is 0 Å². The number of carbonyl (C=O) groups is 1. The maximum atomic E-state index is 11.9. The number of carbonyl (C=O) groups excluding carboxylic acids is 1. The van der Waals surface area contributed by atoms with Crippen LogP contribution in [0.15, 0.2) is 0 Å². The van der Waals surface area contributed by atoms with Gasteiger partial charge in [0.25, 0.3) is 0 Å². The Hall–Kier alpha value is -0.610. The lowest BCUT2D eigenvalue weighted by atomic mass is 9.88. The molecular weight excluding hydrogens is 192 g/mol. The lowest BCUT2D eigenvalue weighted by molar-refractivity contribution is -0.158. The van der Waals surface area contributed by atoms with E-state index in [0.717, 1.165) is 32.2 Å². The van der Waals surface area contributed by atoms with E-state index in [2.05, 4.69) is 12.2 Å². The first kappa shape index (κ1) is 10.9. The van der Waals surface area contributed by atoms with Crippen LogP contribution in [0.2, 0.25) is 0 Å². The van der Waals surface area contributed by atoms with Gasteiger partial charge in [-0.2, -0.15) is 0 Å². The average Bonchev–Trinajstić information content (AvgIpc) is 2.66. The molecule has 2 rings (SSSR count). The fraction of sp³-hybridized carbons (Fsp3) is 0.909. The van der Waals surface area contributed by atoms with Crippen LogP contribution in [0.4, 0.5) is 0 Å². The zero-order chi connectivity index (χ0) is 10.9. The van der Waals surface area contributed by atoms with Gasteiger partial charge in [0.1, 0.15) is 0 Å². The molecule has 2 aliphatic rings. The van der Waals surface area contributed by atoms with E-state index in [-0.39, 0.29) is 11.9 Å². The highest BCUT2D eigenvalue weighted by Crippen LogP contribution is 2.27. The van der Waals surface area contributed by atoms with Crippen molar-refractivity contribution in [2.75, 3.05) is 19.6 Å². The Bertz CT molecular complexity index is 243. The summed E-state index contributed by atoms with van der Waals surface area (Å²) in [5.41, 5.74) is -0.594. The smallest absolute Gasteiger partial charge is 0.239 e. The third kappa shape index (κ3) is 2.16. The molecular formula is C11H20N2O2. The molecule has 0 aliphatic carbocycles. The Kier molecular flexibility index (Phi) is 2.98. The van der Waals surface area contributed by atoms with E-state index in [4.69, 9.17) is 0 Å². The van der Waals surface area contributed by atoms with E-state index in [1.54, 1.807) is 4.90 Å². The second-order valence-electron chi connectivity index (χ2n) is 4.82. The Labute approximate surface area is 90.6 Å². The normalized spacial score (nSPS) is 28.9. The van der Waals surface area contributed by atoms with Crippen LogP contribution in [-0.2, 0) is 4.79 Å². The number of hydrogen-bond donors (Lipinski definition) is 2. The zero-order valence-corrected chi connectivity index (χ0v) is 9.33. The van der Waals surface area contributed by atoms with Gasteiger partial charge in [-0.15, -0.1) is 0 Å². The SMILES string of the molecule is CCCC1(O)CN(C(=O)[C@H]2CCCN2)C1. The average molecular weight is 212 g/mol. The first-order valence-electron chi connectivity index (χ1n) is 5.89. The molecule has 0 aromatic heterocycles. The molecule has 15 heavy (non-hydrogen) atoms. The summed E-state index contributed by atoms with van der Waals surface area (Å²) in [5.74, 6) is 0.174. The molecule has 0 radical (unpaired) electrons. The lowest BCUT2D eigenvalue weighted by Gasteiger charge is -2.47. The van der Waals surface area contributed by atoms with Crippen molar-refractivity contribution in [1.29, 1.82) is 0 Å². The third-order valence-electron chi connectivity index (χ3n) is 3.36. The van der Waals surface area contributed by atoms with Gasteiger partial charge in [0, 0.05) is 0 Å². The molecule has 0 saturated carbocycles. The molecule has 2 fully saturated rings. The largest absolute Gasteiger partial charge is 0.386 e. The molecule has 0 spiro atoms. The Balaban J connectivity index is 1.80. The van der Waals surface area contributed by atoms with Gasteiger partial charge >= 0.3 is 0 Å². The summed E-state index contributed by atoms with van der Waals surface area (Å²) in [5, 5.41) is 13.1. The van der Waals surface area contributed by atoms with Crippen molar-refractivity contribution in [2.24, 2.45) is 0 Å². The Morgan fingerprint density at radius 2 is 2.33 bits per heavy atom. The number of hydrogen-bond acceptors (Lipinski definition) is 3. The quantitative estimate of drug-likeness (QED) is 0.698. The highest BCUT2D eigenvalue weighted by atomic mass is 16.3. The number of rotatable bonds is 3. The minimum atomic E-state index is -0.594. The number of likely N-dealkylation sites (tertiary alicyclic amines) is 1. The molecule has 4 heteroatoms. The monoisotopic (exact) mass is 212 g/mol. The van der Waals surface area contributed by atoms with Crippen molar-refractivity contribution in [3.8, 4) is 0 Å². The molecule has 2 saturated heterocycles. The second-order valence-corrected chi connectivity index (χ2v) is 4.82. The first-order chi connectivity index (χ1) is 7.14. The Morgan fingerprint density at radius 1 is 1.60 bits per heavy atom. The van der Waals surface area contributed by atoms with Crippen molar-refractivity contribution in [3.05, 3.63) is 0 Å². The number of aliphatic hydroxyl groups is 1. The number of nitrogens with zero attached hydrogens (tertiary/aromatic N) is 1. The van der Waals surface area contributed by atoms with Crippen molar-refractivity contribution < 1.29 is 9.90 Å². The highest BCUT2D eigenvalue weighted by Gasteiger charge is 2.44. The second kappa shape index (κ2) is 4.10. The van der Waals surface area contributed by atoms with Crippen LogP contribution >= 0.6 is 0 Å². The summed E-state index contributed by atoms with van der Waals surface area (Å²) < 4.78 is 0. The van der Waals surface area contributed by atoms with Crippen molar-refractivity contribution in [3.63, 3.8) is 0 Å².